The first-order valence-electron chi connectivity index (χ1n) is 15.6. The molecule has 8 atom stereocenters. The summed E-state index contributed by atoms with van der Waals surface area (Å²) in [5, 5.41) is 42.2. The van der Waals surface area contributed by atoms with Gasteiger partial charge in [0.2, 0.25) is 0 Å². The van der Waals surface area contributed by atoms with Crippen molar-refractivity contribution in [2.45, 2.75) is 109 Å². The van der Waals surface area contributed by atoms with Gasteiger partial charge in [-0.15, -0.1) is 5.10 Å². The largest absolute Gasteiger partial charge is 0.469 e. The van der Waals surface area contributed by atoms with E-state index in [2.05, 4.69) is 36.4 Å². The third-order valence-electron chi connectivity index (χ3n) is 10.5. The number of carbonyl (C=O) groups excluding carboxylic acids is 2. The van der Waals surface area contributed by atoms with Crippen molar-refractivity contribution >= 4 is 11.9 Å². The Labute approximate surface area is 262 Å². The highest BCUT2D eigenvalue weighted by Crippen LogP contribution is 2.60. The minimum atomic E-state index is -1.67. The number of esters is 1. The Balaban J connectivity index is 1.20. The maximum Gasteiger partial charge on any atom is 0.311 e. The van der Waals surface area contributed by atoms with Gasteiger partial charge in [-0.1, -0.05) is 29.7 Å². The SMILES string of the molecule is COC(=O)[C@@]1(C)CCC[C@]2(C)C(CCc3ccoc3CNCc3cn([C@H]4O[C@@H](C(=O)NN)[C@H](O)[C@@H](O)[C@@H]4O)nn3)=C(C)CC[C@@H]12. The molecule has 0 unspecified atom stereocenters. The molecular formula is C31H46N6O8. The van der Waals surface area contributed by atoms with Crippen LogP contribution in [-0.4, -0.2) is 73.7 Å². The second-order valence-electron chi connectivity index (χ2n) is 13.1. The number of fused-ring (bicyclic) bond motifs is 1. The topological polar surface area (TPSA) is 207 Å². The lowest BCUT2D eigenvalue weighted by atomic mass is 9.49. The fraction of sp³-hybridized carbons (Fsp3) is 0.677. The van der Waals surface area contributed by atoms with Crippen LogP contribution in [0.25, 0.3) is 0 Å². The number of allylic oxidation sites excluding steroid dienone is 2. The Morgan fingerprint density at radius 3 is 2.67 bits per heavy atom. The van der Waals surface area contributed by atoms with Crippen LogP contribution in [0.4, 0.5) is 0 Å². The second-order valence-corrected chi connectivity index (χ2v) is 13.1. The third kappa shape index (κ3) is 6.19. The normalized spacial score (nSPS) is 33.5. The summed E-state index contributed by atoms with van der Waals surface area (Å²) in [5.41, 5.74) is 5.88. The number of aryl methyl sites for hydroxylation is 1. The van der Waals surface area contributed by atoms with Crippen molar-refractivity contribution in [3.05, 3.63) is 46.7 Å². The fourth-order valence-electron chi connectivity index (χ4n) is 8.05. The van der Waals surface area contributed by atoms with Crippen molar-refractivity contribution in [2.24, 2.45) is 22.6 Å². The van der Waals surface area contributed by atoms with E-state index < -0.39 is 42.0 Å². The molecule has 0 spiro atoms. The first-order chi connectivity index (χ1) is 21.4. The predicted molar refractivity (Wildman–Crippen MR) is 159 cm³/mol. The quantitative estimate of drug-likeness (QED) is 0.0719. The maximum atomic E-state index is 12.9. The summed E-state index contributed by atoms with van der Waals surface area (Å²) in [5.74, 6) is 5.28. The van der Waals surface area contributed by atoms with Gasteiger partial charge in [0.05, 0.1) is 37.2 Å². The third-order valence-corrected chi connectivity index (χ3v) is 10.5. The van der Waals surface area contributed by atoms with Crippen molar-refractivity contribution in [3.63, 3.8) is 0 Å². The number of hydrogen-bond donors (Lipinski definition) is 6. The smallest absolute Gasteiger partial charge is 0.311 e. The van der Waals surface area contributed by atoms with E-state index in [1.54, 1.807) is 6.26 Å². The van der Waals surface area contributed by atoms with Crippen molar-refractivity contribution in [1.82, 2.24) is 25.7 Å². The van der Waals surface area contributed by atoms with E-state index in [0.717, 1.165) is 56.3 Å². The number of carbonyl (C=O) groups is 2. The van der Waals surface area contributed by atoms with Crippen molar-refractivity contribution in [1.29, 1.82) is 0 Å². The van der Waals surface area contributed by atoms with Crippen LogP contribution in [0.1, 0.15) is 82.5 Å². The molecule has 14 nitrogen and oxygen atoms in total. The Kier molecular flexibility index (Phi) is 9.82. The molecule has 2 aromatic rings. The lowest BCUT2D eigenvalue weighted by molar-refractivity contribution is -0.243. The monoisotopic (exact) mass is 630 g/mol. The molecule has 3 aliphatic rings. The summed E-state index contributed by atoms with van der Waals surface area (Å²) < 4.78 is 17.8. The van der Waals surface area contributed by atoms with Crippen LogP contribution in [0.2, 0.25) is 0 Å². The molecule has 248 valence electrons. The molecule has 7 N–H and O–H groups in total. The molecule has 2 aliphatic carbocycles. The minimum Gasteiger partial charge on any atom is -0.469 e. The Bertz CT molecular complexity index is 1410. The lowest BCUT2D eigenvalue weighted by Gasteiger charge is -2.54. The minimum absolute atomic E-state index is 0.0462. The molecular weight excluding hydrogens is 584 g/mol. The molecule has 0 radical (unpaired) electrons. The van der Waals surface area contributed by atoms with Crippen LogP contribution in [0, 0.1) is 16.7 Å². The molecule has 1 aliphatic heterocycles. The zero-order chi connectivity index (χ0) is 32.5. The molecule has 0 aromatic carbocycles. The summed E-state index contributed by atoms with van der Waals surface area (Å²) in [6.45, 7) is 7.43. The van der Waals surface area contributed by atoms with Gasteiger partial charge in [0.1, 0.15) is 24.1 Å². The summed E-state index contributed by atoms with van der Waals surface area (Å²) in [7, 11) is 1.49. The van der Waals surface area contributed by atoms with Crippen molar-refractivity contribution < 1.29 is 38.8 Å². The van der Waals surface area contributed by atoms with E-state index in [1.165, 1.54) is 29.1 Å². The number of furan rings is 1. The zero-order valence-corrected chi connectivity index (χ0v) is 26.4. The number of aromatic nitrogens is 3. The van der Waals surface area contributed by atoms with E-state index in [-0.39, 0.29) is 17.3 Å². The maximum absolute atomic E-state index is 12.9. The lowest BCUT2D eigenvalue weighted by Crippen LogP contribution is -2.60. The molecule has 3 heterocycles. The number of nitrogens with one attached hydrogen (secondary N) is 2. The molecule has 1 amide bonds. The fourth-order valence-corrected chi connectivity index (χ4v) is 8.05. The highest BCUT2D eigenvalue weighted by molar-refractivity contribution is 5.81. The number of nitrogens with two attached hydrogens (primary N) is 1. The van der Waals surface area contributed by atoms with E-state index >= 15 is 0 Å². The summed E-state index contributed by atoms with van der Waals surface area (Å²) in [6.07, 6.45) is 2.20. The Morgan fingerprint density at radius 2 is 1.93 bits per heavy atom. The molecule has 1 saturated carbocycles. The van der Waals surface area contributed by atoms with Gasteiger partial charge in [-0.3, -0.25) is 15.0 Å². The average molecular weight is 631 g/mol. The van der Waals surface area contributed by atoms with Crippen LogP contribution in [0.3, 0.4) is 0 Å². The van der Waals surface area contributed by atoms with Crippen LogP contribution < -0.4 is 16.6 Å². The number of nitrogens with zero attached hydrogens (tertiary/aromatic N) is 3. The van der Waals surface area contributed by atoms with Crippen LogP contribution >= 0.6 is 0 Å². The summed E-state index contributed by atoms with van der Waals surface area (Å²) in [6, 6.07) is 2.00. The number of hydrogen-bond acceptors (Lipinski definition) is 12. The Hall–Kier alpha value is -3.14. The molecule has 0 bridgehead atoms. The van der Waals surface area contributed by atoms with E-state index in [0.29, 0.717) is 18.8 Å². The number of ether oxygens (including phenoxy) is 2. The van der Waals surface area contributed by atoms with Gasteiger partial charge in [-0.2, -0.15) is 0 Å². The highest BCUT2D eigenvalue weighted by Gasteiger charge is 2.55. The summed E-state index contributed by atoms with van der Waals surface area (Å²) >= 11 is 0. The molecule has 45 heavy (non-hydrogen) atoms. The standard InChI is InChI=1S/C31H46N6O8/c1-17-6-9-22-30(2,11-5-12-31(22,3)29(42)43-4)20(17)8-7-18-10-13-44-21(18)15-33-14-19-16-37(36-35-19)28-25(40)23(38)24(39)26(45-28)27(41)34-32/h10,13,16,22-26,28,33,38-40H,5-9,11-12,14-15,32H2,1-4H3,(H,34,41)/t22-,23-,24-,25+,26-,28+,30-,31+/m1/s1. The van der Waals surface area contributed by atoms with Gasteiger partial charge < -0.3 is 34.5 Å². The van der Waals surface area contributed by atoms with E-state index in [9.17, 15) is 24.9 Å². The van der Waals surface area contributed by atoms with E-state index in [4.69, 9.17) is 19.7 Å². The van der Waals surface area contributed by atoms with Gasteiger partial charge in [0, 0.05) is 6.54 Å². The molecule has 1 saturated heterocycles. The molecule has 14 heteroatoms. The first-order valence-corrected chi connectivity index (χ1v) is 15.6. The second kappa shape index (κ2) is 13.3. The number of aliphatic hydroxyl groups is 3. The van der Waals surface area contributed by atoms with Crippen molar-refractivity contribution in [2.75, 3.05) is 7.11 Å². The van der Waals surface area contributed by atoms with Gasteiger partial charge >= 0.3 is 5.97 Å². The van der Waals surface area contributed by atoms with Crippen LogP contribution in [-0.2, 0) is 38.6 Å². The van der Waals surface area contributed by atoms with Crippen molar-refractivity contribution in [3.8, 4) is 0 Å². The molecule has 2 aromatic heterocycles. The van der Waals surface area contributed by atoms with Gasteiger partial charge in [0.15, 0.2) is 12.3 Å². The average Bonchev–Trinajstić information content (AvgIpc) is 3.68. The predicted octanol–water partition coefficient (Wildman–Crippen LogP) is 1.16. The Morgan fingerprint density at radius 1 is 1.16 bits per heavy atom. The zero-order valence-electron chi connectivity index (χ0n) is 26.4. The number of aliphatic hydroxyl groups excluding tert-OH is 3. The first kappa shape index (κ1) is 33.2. The van der Waals surface area contributed by atoms with Crippen LogP contribution in [0.5, 0.6) is 0 Å². The number of amides is 1. The van der Waals surface area contributed by atoms with Gasteiger partial charge in [-0.25, -0.2) is 10.5 Å². The number of rotatable bonds is 10. The summed E-state index contributed by atoms with van der Waals surface area (Å²) in [4.78, 5) is 24.9. The van der Waals surface area contributed by atoms with Crippen LogP contribution in [0.15, 0.2) is 34.1 Å². The number of hydrazine groups is 1. The number of methoxy groups -OCH3 is 1. The molecule has 2 fully saturated rings. The molecule has 5 rings (SSSR count). The highest BCUT2D eigenvalue weighted by atomic mass is 16.6. The van der Waals surface area contributed by atoms with Gasteiger partial charge in [-0.05, 0) is 75.3 Å². The van der Waals surface area contributed by atoms with E-state index in [1.807, 2.05) is 11.5 Å². The van der Waals surface area contributed by atoms with Gasteiger partial charge in [0.25, 0.3) is 5.91 Å².